The van der Waals surface area contributed by atoms with Gasteiger partial charge in [-0.15, -0.1) is 11.8 Å². The van der Waals surface area contributed by atoms with Crippen molar-refractivity contribution in [3.8, 4) is 5.75 Å². The molecule has 1 aliphatic rings. The summed E-state index contributed by atoms with van der Waals surface area (Å²) in [7, 11) is 1.69. The van der Waals surface area contributed by atoms with Gasteiger partial charge in [-0.2, -0.15) is 0 Å². The molecule has 3 aromatic rings. The summed E-state index contributed by atoms with van der Waals surface area (Å²) in [5.41, 5.74) is 4.50. The second-order valence-electron chi connectivity index (χ2n) is 6.12. The van der Waals surface area contributed by atoms with Crippen LogP contribution >= 0.6 is 23.4 Å². The van der Waals surface area contributed by atoms with E-state index in [2.05, 4.69) is 30.3 Å². The van der Waals surface area contributed by atoms with Crippen LogP contribution in [0.4, 0.5) is 5.69 Å². The van der Waals surface area contributed by atoms with Crippen LogP contribution in [0.1, 0.15) is 22.8 Å². The SMILES string of the molecule is COc1ccc(C2CC(c3ccc(Cl)cc3)=Nc3ccccc3S2)cc1. The Hall–Kier alpha value is -2.23. The molecule has 0 fully saturated rings. The van der Waals surface area contributed by atoms with Gasteiger partial charge in [0.25, 0.3) is 0 Å². The van der Waals surface area contributed by atoms with E-state index in [0.29, 0.717) is 5.25 Å². The predicted octanol–water partition coefficient (Wildman–Crippen LogP) is 6.71. The molecule has 0 N–H and O–H groups in total. The van der Waals surface area contributed by atoms with Gasteiger partial charge in [0.1, 0.15) is 5.75 Å². The van der Waals surface area contributed by atoms with Crippen molar-refractivity contribution >= 4 is 34.8 Å². The normalized spacial score (nSPS) is 16.4. The number of halogens is 1. The number of methoxy groups -OCH3 is 1. The minimum absolute atomic E-state index is 0.291. The van der Waals surface area contributed by atoms with Crippen molar-refractivity contribution in [3.05, 3.63) is 88.9 Å². The van der Waals surface area contributed by atoms with Crippen LogP contribution in [0.3, 0.4) is 0 Å². The van der Waals surface area contributed by atoms with E-state index in [4.69, 9.17) is 21.3 Å². The first-order valence-electron chi connectivity index (χ1n) is 8.46. The van der Waals surface area contributed by atoms with Crippen LogP contribution in [0.5, 0.6) is 5.75 Å². The molecule has 0 aromatic heterocycles. The number of aliphatic imine (C=N–C) groups is 1. The fourth-order valence-corrected chi connectivity index (χ4v) is 4.40. The van der Waals surface area contributed by atoms with Crippen molar-refractivity contribution in [1.29, 1.82) is 0 Å². The standard InChI is InChI=1S/C22H18ClNOS/c1-25-18-12-8-16(9-13-18)22-14-20(15-6-10-17(23)11-7-15)24-19-4-2-3-5-21(19)26-22/h2-13,22H,14H2,1H3. The zero-order valence-electron chi connectivity index (χ0n) is 14.4. The first-order valence-corrected chi connectivity index (χ1v) is 9.72. The zero-order chi connectivity index (χ0) is 17.9. The fraction of sp³-hybridized carbons (Fsp3) is 0.136. The number of rotatable bonds is 3. The van der Waals surface area contributed by atoms with E-state index in [9.17, 15) is 0 Å². The molecule has 0 saturated carbocycles. The van der Waals surface area contributed by atoms with Gasteiger partial charge in [-0.3, -0.25) is 4.99 Å². The fourth-order valence-electron chi connectivity index (χ4n) is 3.04. The molecular formula is C22H18ClNOS. The van der Waals surface area contributed by atoms with E-state index >= 15 is 0 Å². The van der Waals surface area contributed by atoms with E-state index in [0.717, 1.165) is 34.2 Å². The van der Waals surface area contributed by atoms with Gasteiger partial charge in [-0.1, -0.05) is 48.0 Å². The summed E-state index contributed by atoms with van der Waals surface area (Å²) in [5.74, 6) is 0.874. The molecule has 1 atom stereocenters. The van der Waals surface area contributed by atoms with E-state index in [1.165, 1.54) is 10.5 Å². The minimum Gasteiger partial charge on any atom is -0.497 e. The van der Waals surface area contributed by atoms with Crippen molar-refractivity contribution < 1.29 is 4.74 Å². The number of hydrogen-bond acceptors (Lipinski definition) is 3. The minimum atomic E-state index is 0.291. The Balaban J connectivity index is 1.75. The summed E-state index contributed by atoms with van der Waals surface area (Å²) in [6, 6.07) is 24.6. The Morgan fingerprint density at radius 1 is 0.962 bits per heavy atom. The van der Waals surface area contributed by atoms with Gasteiger partial charge in [-0.25, -0.2) is 0 Å². The third-order valence-electron chi connectivity index (χ3n) is 4.43. The highest BCUT2D eigenvalue weighted by molar-refractivity contribution is 7.99. The van der Waals surface area contributed by atoms with E-state index in [-0.39, 0.29) is 0 Å². The Morgan fingerprint density at radius 3 is 2.42 bits per heavy atom. The molecule has 0 saturated heterocycles. The van der Waals surface area contributed by atoms with Crippen molar-refractivity contribution in [2.75, 3.05) is 7.11 Å². The molecule has 2 nitrogen and oxygen atoms in total. The molecule has 130 valence electrons. The number of hydrogen-bond donors (Lipinski definition) is 0. The molecule has 4 rings (SSSR count). The number of nitrogens with zero attached hydrogens (tertiary/aromatic N) is 1. The van der Waals surface area contributed by atoms with Crippen LogP contribution in [0, 0.1) is 0 Å². The quantitative estimate of drug-likeness (QED) is 0.504. The molecule has 3 aromatic carbocycles. The number of fused-ring (bicyclic) bond motifs is 1. The van der Waals surface area contributed by atoms with Crippen LogP contribution in [-0.4, -0.2) is 12.8 Å². The highest BCUT2D eigenvalue weighted by Crippen LogP contribution is 2.45. The summed E-state index contributed by atoms with van der Waals surface area (Å²) in [6.45, 7) is 0. The molecule has 0 radical (unpaired) electrons. The summed E-state index contributed by atoms with van der Waals surface area (Å²) < 4.78 is 5.30. The third kappa shape index (κ3) is 3.64. The summed E-state index contributed by atoms with van der Waals surface area (Å²) in [6.07, 6.45) is 0.854. The van der Waals surface area contributed by atoms with Gasteiger partial charge in [0, 0.05) is 27.3 Å². The van der Waals surface area contributed by atoms with Gasteiger partial charge in [0.2, 0.25) is 0 Å². The Kier molecular flexibility index (Phi) is 5.00. The lowest BCUT2D eigenvalue weighted by Gasteiger charge is -2.16. The topological polar surface area (TPSA) is 21.6 Å². The van der Waals surface area contributed by atoms with Crippen molar-refractivity contribution in [2.24, 2.45) is 4.99 Å². The van der Waals surface area contributed by atoms with Crippen LogP contribution in [-0.2, 0) is 0 Å². The van der Waals surface area contributed by atoms with Crippen LogP contribution in [0.25, 0.3) is 0 Å². The maximum Gasteiger partial charge on any atom is 0.118 e. The molecule has 0 aliphatic carbocycles. The number of ether oxygens (including phenoxy) is 1. The lowest BCUT2D eigenvalue weighted by Crippen LogP contribution is -2.05. The monoisotopic (exact) mass is 379 g/mol. The van der Waals surface area contributed by atoms with E-state index in [1.54, 1.807) is 7.11 Å². The molecule has 1 heterocycles. The van der Waals surface area contributed by atoms with Crippen molar-refractivity contribution in [2.45, 2.75) is 16.6 Å². The summed E-state index contributed by atoms with van der Waals surface area (Å²) in [5, 5.41) is 1.03. The highest BCUT2D eigenvalue weighted by Gasteiger charge is 2.22. The first kappa shape index (κ1) is 17.2. The van der Waals surface area contributed by atoms with Gasteiger partial charge in [0.15, 0.2) is 0 Å². The van der Waals surface area contributed by atoms with Gasteiger partial charge in [0.05, 0.1) is 12.8 Å². The zero-order valence-corrected chi connectivity index (χ0v) is 15.9. The van der Waals surface area contributed by atoms with Gasteiger partial charge in [-0.05, 0) is 47.5 Å². The largest absolute Gasteiger partial charge is 0.497 e. The lowest BCUT2D eigenvalue weighted by molar-refractivity contribution is 0.414. The molecule has 0 spiro atoms. The van der Waals surface area contributed by atoms with E-state index in [1.807, 2.05) is 54.2 Å². The second kappa shape index (κ2) is 7.56. The van der Waals surface area contributed by atoms with Crippen molar-refractivity contribution in [1.82, 2.24) is 0 Å². The Labute approximate surface area is 162 Å². The number of benzene rings is 3. The molecule has 1 unspecified atom stereocenters. The molecular weight excluding hydrogens is 362 g/mol. The Bertz CT molecular complexity index is 935. The van der Waals surface area contributed by atoms with Crippen LogP contribution in [0.15, 0.2) is 82.7 Å². The predicted molar refractivity (Wildman–Crippen MR) is 110 cm³/mol. The van der Waals surface area contributed by atoms with E-state index < -0.39 is 0 Å². The highest BCUT2D eigenvalue weighted by atomic mass is 35.5. The molecule has 0 bridgehead atoms. The third-order valence-corrected chi connectivity index (χ3v) is 6.01. The molecule has 0 amide bonds. The molecule has 4 heteroatoms. The average Bonchev–Trinajstić information content (AvgIpc) is 2.88. The van der Waals surface area contributed by atoms with Crippen molar-refractivity contribution in [3.63, 3.8) is 0 Å². The number of para-hydroxylation sites is 1. The lowest BCUT2D eigenvalue weighted by atomic mass is 10.0. The molecule has 26 heavy (non-hydrogen) atoms. The van der Waals surface area contributed by atoms with Gasteiger partial charge < -0.3 is 4.74 Å². The smallest absolute Gasteiger partial charge is 0.118 e. The van der Waals surface area contributed by atoms with Crippen LogP contribution in [0.2, 0.25) is 5.02 Å². The number of thioether (sulfide) groups is 1. The van der Waals surface area contributed by atoms with Crippen LogP contribution < -0.4 is 4.74 Å². The Morgan fingerprint density at radius 2 is 1.69 bits per heavy atom. The maximum atomic E-state index is 6.06. The maximum absolute atomic E-state index is 6.06. The molecule has 1 aliphatic heterocycles. The average molecular weight is 380 g/mol. The summed E-state index contributed by atoms with van der Waals surface area (Å²) >= 11 is 7.93. The summed E-state index contributed by atoms with van der Waals surface area (Å²) in [4.78, 5) is 6.18. The van der Waals surface area contributed by atoms with Gasteiger partial charge >= 0.3 is 0 Å². The first-order chi connectivity index (χ1) is 12.7. The second-order valence-corrected chi connectivity index (χ2v) is 7.80.